The molecule has 0 aliphatic rings. The van der Waals surface area contributed by atoms with Crippen molar-refractivity contribution in [3.05, 3.63) is 0 Å². The molecule has 0 radical (unpaired) electrons. The number of nitrogens with zero attached hydrogens (tertiary/aromatic N) is 1. The summed E-state index contributed by atoms with van der Waals surface area (Å²) in [5.41, 5.74) is 0. The van der Waals surface area contributed by atoms with E-state index in [4.69, 9.17) is 4.74 Å². The maximum Gasteiger partial charge on any atom is 0.305 e. The number of carbonyl (C=O) groups excluding carboxylic acids is 1. The van der Waals surface area contributed by atoms with Crippen molar-refractivity contribution in [2.24, 2.45) is 0 Å². The third-order valence-corrected chi connectivity index (χ3v) is 2.57. The molecule has 0 aliphatic heterocycles. The van der Waals surface area contributed by atoms with E-state index in [-0.39, 0.29) is 5.97 Å². The summed E-state index contributed by atoms with van der Waals surface area (Å²) in [7, 11) is 4.45. The Labute approximate surface area is 94.0 Å². The zero-order valence-electron chi connectivity index (χ0n) is 10.7. The third kappa shape index (κ3) is 8.43. The first-order valence-electron chi connectivity index (χ1n) is 5.99. The van der Waals surface area contributed by atoms with Crippen LogP contribution in [0.2, 0.25) is 0 Å². The fraction of sp³-hybridized carbons (Fsp3) is 0.917. The van der Waals surface area contributed by atoms with E-state index in [1.807, 2.05) is 6.92 Å². The van der Waals surface area contributed by atoms with Crippen LogP contribution in [-0.2, 0) is 9.53 Å². The number of hydrogen-bond donors (Lipinski definition) is 0. The van der Waals surface area contributed by atoms with Crippen molar-refractivity contribution < 1.29 is 14.0 Å². The quantitative estimate of drug-likeness (QED) is 0.459. The molecule has 3 nitrogen and oxygen atoms in total. The molecule has 0 spiro atoms. The number of esters is 1. The number of carbonyl (C=O) groups is 1. The molecule has 0 saturated heterocycles. The zero-order chi connectivity index (χ0) is 11.7. The van der Waals surface area contributed by atoms with Crippen molar-refractivity contribution in [3.63, 3.8) is 0 Å². The molecule has 0 bridgehead atoms. The van der Waals surface area contributed by atoms with Gasteiger partial charge < -0.3 is 9.22 Å². The van der Waals surface area contributed by atoms with Crippen LogP contribution in [0.4, 0.5) is 0 Å². The van der Waals surface area contributed by atoms with Gasteiger partial charge in [-0.05, 0) is 13.3 Å². The van der Waals surface area contributed by atoms with Crippen LogP contribution in [0.25, 0.3) is 0 Å². The van der Waals surface area contributed by atoms with Crippen LogP contribution in [0.1, 0.15) is 39.5 Å². The largest absolute Gasteiger partial charge is 0.466 e. The lowest BCUT2D eigenvalue weighted by Gasteiger charge is -2.29. The monoisotopic (exact) mass is 216 g/mol. The molecular weight excluding hydrogens is 190 g/mol. The van der Waals surface area contributed by atoms with Gasteiger partial charge in [-0.2, -0.15) is 0 Å². The highest BCUT2D eigenvalue weighted by atomic mass is 16.5. The van der Waals surface area contributed by atoms with Gasteiger partial charge in [0.1, 0.15) is 0 Å². The number of hydrogen-bond acceptors (Lipinski definition) is 2. The van der Waals surface area contributed by atoms with Crippen molar-refractivity contribution in [2.45, 2.75) is 39.5 Å². The predicted octanol–water partition coefficient (Wildman–Crippen LogP) is 2.21. The van der Waals surface area contributed by atoms with Crippen molar-refractivity contribution in [1.82, 2.24) is 0 Å². The molecule has 0 aliphatic carbocycles. The molecule has 0 heterocycles. The van der Waals surface area contributed by atoms with Gasteiger partial charge in [0.25, 0.3) is 0 Å². The Morgan fingerprint density at radius 3 is 2.27 bits per heavy atom. The predicted molar refractivity (Wildman–Crippen MR) is 62.6 cm³/mol. The Hall–Kier alpha value is -0.570. The molecule has 0 N–H and O–H groups in total. The zero-order valence-corrected chi connectivity index (χ0v) is 10.7. The van der Waals surface area contributed by atoms with E-state index in [1.165, 1.54) is 19.4 Å². The van der Waals surface area contributed by atoms with E-state index in [0.29, 0.717) is 13.0 Å². The second-order valence-electron chi connectivity index (χ2n) is 4.65. The number of unbranched alkanes of at least 4 members (excludes halogenated alkanes) is 1. The lowest BCUT2D eigenvalue weighted by atomic mass is 10.2. The molecule has 0 atom stereocenters. The topological polar surface area (TPSA) is 26.3 Å². The van der Waals surface area contributed by atoms with Crippen molar-refractivity contribution in [1.29, 1.82) is 0 Å². The molecule has 0 fully saturated rings. The van der Waals surface area contributed by atoms with Gasteiger partial charge in [0.2, 0.25) is 0 Å². The molecule has 0 amide bonds. The van der Waals surface area contributed by atoms with Gasteiger partial charge in [0, 0.05) is 6.42 Å². The summed E-state index contributed by atoms with van der Waals surface area (Å²) in [4.78, 5) is 11.1. The summed E-state index contributed by atoms with van der Waals surface area (Å²) < 4.78 is 5.90. The molecule has 3 heteroatoms. The molecule has 0 unspecified atom stereocenters. The highest BCUT2D eigenvalue weighted by Gasteiger charge is 2.14. The third-order valence-electron chi connectivity index (χ3n) is 2.57. The highest BCUT2D eigenvalue weighted by Crippen LogP contribution is 2.05. The van der Waals surface area contributed by atoms with Crippen LogP contribution in [0, 0.1) is 0 Å². The minimum absolute atomic E-state index is 0.0620. The Kier molecular flexibility index (Phi) is 7.39. The lowest BCUT2D eigenvalue weighted by molar-refractivity contribution is -0.890. The molecule has 0 aromatic heterocycles. The maximum atomic E-state index is 11.1. The van der Waals surface area contributed by atoms with E-state index in [2.05, 4.69) is 21.0 Å². The van der Waals surface area contributed by atoms with Crippen LogP contribution < -0.4 is 0 Å². The van der Waals surface area contributed by atoms with Crippen molar-refractivity contribution >= 4 is 5.97 Å². The normalized spacial score (nSPS) is 11.5. The van der Waals surface area contributed by atoms with Gasteiger partial charge in [-0.15, -0.1) is 0 Å². The minimum atomic E-state index is -0.0620. The molecule has 0 aromatic carbocycles. The second kappa shape index (κ2) is 7.69. The van der Waals surface area contributed by atoms with Gasteiger partial charge in [0.05, 0.1) is 40.2 Å². The van der Waals surface area contributed by atoms with Gasteiger partial charge >= 0.3 is 5.97 Å². The Bertz CT molecular complexity index is 178. The van der Waals surface area contributed by atoms with Crippen LogP contribution >= 0.6 is 0 Å². The van der Waals surface area contributed by atoms with E-state index in [0.717, 1.165) is 17.4 Å². The van der Waals surface area contributed by atoms with Gasteiger partial charge in [0.15, 0.2) is 0 Å². The molecule has 0 saturated carbocycles. The second-order valence-corrected chi connectivity index (χ2v) is 4.65. The number of ether oxygens (including phenoxy) is 1. The fourth-order valence-corrected chi connectivity index (χ4v) is 1.58. The van der Waals surface area contributed by atoms with Gasteiger partial charge in [-0.25, -0.2) is 0 Å². The summed E-state index contributed by atoms with van der Waals surface area (Å²) in [6, 6.07) is 0. The average molecular weight is 216 g/mol. The van der Waals surface area contributed by atoms with Crippen molar-refractivity contribution in [2.75, 3.05) is 33.8 Å². The highest BCUT2D eigenvalue weighted by molar-refractivity contribution is 5.69. The SMILES string of the molecule is CCCC[N+](C)(C)CCCC(=O)OCC. The summed E-state index contributed by atoms with van der Waals surface area (Å²) in [6.45, 7) is 6.79. The Morgan fingerprint density at radius 2 is 1.73 bits per heavy atom. The lowest BCUT2D eigenvalue weighted by Crippen LogP contribution is -2.41. The van der Waals surface area contributed by atoms with Crippen molar-refractivity contribution in [3.8, 4) is 0 Å². The molecular formula is C12H26NO2+. The van der Waals surface area contributed by atoms with Crippen LogP contribution in [0.3, 0.4) is 0 Å². The van der Waals surface area contributed by atoms with E-state index < -0.39 is 0 Å². The number of rotatable bonds is 8. The molecule has 90 valence electrons. The smallest absolute Gasteiger partial charge is 0.305 e. The van der Waals surface area contributed by atoms with E-state index >= 15 is 0 Å². The first-order chi connectivity index (χ1) is 7.02. The molecule has 0 aromatic rings. The summed E-state index contributed by atoms with van der Waals surface area (Å²) >= 11 is 0. The summed E-state index contributed by atoms with van der Waals surface area (Å²) in [5.74, 6) is -0.0620. The average Bonchev–Trinajstić information content (AvgIpc) is 2.15. The number of quaternary nitrogens is 1. The van der Waals surface area contributed by atoms with Gasteiger partial charge in [-0.3, -0.25) is 4.79 Å². The first kappa shape index (κ1) is 14.4. The van der Waals surface area contributed by atoms with Crippen LogP contribution in [0.5, 0.6) is 0 Å². The summed E-state index contributed by atoms with van der Waals surface area (Å²) in [5, 5.41) is 0. The fourth-order valence-electron chi connectivity index (χ4n) is 1.58. The van der Waals surface area contributed by atoms with E-state index in [1.54, 1.807) is 0 Å². The minimum Gasteiger partial charge on any atom is -0.466 e. The maximum absolute atomic E-state index is 11.1. The first-order valence-corrected chi connectivity index (χ1v) is 5.99. The summed E-state index contributed by atoms with van der Waals surface area (Å²) in [6.07, 6.45) is 3.98. The van der Waals surface area contributed by atoms with E-state index in [9.17, 15) is 4.79 Å². The standard InChI is InChI=1S/C12H26NO2/c1-5-7-10-13(3,4)11-8-9-12(14)15-6-2/h5-11H2,1-4H3/q+1. The van der Waals surface area contributed by atoms with Crippen LogP contribution in [-0.4, -0.2) is 44.2 Å². The molecule has 15 heavy (non-hydrogen) atoms. The Morgan fingerprint density at radius 1 is 1.13 bits per heavy atom. The van der Waals surface area contributed by atoms with Gasteiger partial charge in [-0.1, -0.05) is 13.3 Å². The Balaban J connectivity index is 3.60. The van der Waals surface area contributed by atoms with Crippen LogP contribution in [0.15, 0.2) is 0 Å². The molecule has 0 rings (SSSR count).